The first-order chi connectivity index (χ1) is 8.49. The van der Waals surface area contributed by atoms with Crippen molar-refractivity contribution < 1.29 is 5.11 Å². The third-order valence-corrected chi connectivity index (χ3v) is 7.05. The number of aliphatic hydroxyl groups excluding tert-OH is 1. The highest BCUT2D eigenvalue weighted by Crippen LogP contribution is 2.64. The lowest BCUT2D eigenvalue weighted by molar-refractivity contribution is -0.123. The Kier molecular flexibility index (Phi) is 3.05. The fourth-order valence-electron chi connectivity index (χ4n) is 5.76. The Morgan fingerprint density at radius 1 is 1.06 bits per heavy atom. The second-order valence-corrected chi connectivity index (χ2v) is 8.31. The molecule has 4 rings (SSSR count). The molecular formula is C17H30O. The van der Waals surface area contributed by atoms with Gasteiger partial charge >= 0.3 is 0 Å². The van der Waals surface area contributed by atoms with Crippen LogP contribution in [0.2, 0.25) is 0 Å². The molecule has 0 aromatic heterocycles. The van der Waals surface area contributed by atoms with Gasteiger partial charge in [-0.3, -0.25) is 0 Å². The molecule has 1 unspecified atom stereocenters. The molecule has 1 nitrogen and oxygen atoms in total. The zero-order valence-electron chi connectivity index (χ0n) is 12.4. The summed E-state index contributed by atoms with van der Waals surface area (Å²) < 4.78 is 0. The van der Waals surface area contributed by atoms with Crippen molar-refractivity contribution in [1.82, 2.24) is 0 Å². The summed E-state index contributed by atoms with van der Waals surface area (Å²) in [6, 6.07) is 0. The Morgan fingerprint density at radius 2 is 1.56 bits per heavy atom. The third kappa shape index (κ3) is 1.85. The highest BCUT2D eigenvalue weighted by atomic mass is 16.3. The van der Waals surface area contributed by atoms with Crippen LogP contribution in [0, 0.1) is 34.5 Å². The van der Waals surface area contributed by atoms with Crippen LogP contribution in [0.1, 0.15) is 65.7 Å². The van der Waals surface area contributed by atoms with Crippen LogP contribution >= 0.6 is 0 Å². The normalized spacial score (nSPS) is 49.3. The van der Waals surface area contributed by atoms with Crippen molar-refractivity contribution in [1.29, 1.82) is 0 Å². The highest BCUT2D eigenvalue weighted by Gasteiger charge is 2.55. The molecule has 0 aliphatic heterocycles. The largest absolute Gasteiger partial charge is 0.396 e. The summed E-state index contributed by atoms with van der Waals surface area (Å²) in [4.78, 5) is 0. The lowest BCUT2D eigenvalue weighted by Crippen LogP contribution is -2.53. The van der Waals surface area contributed by atoms with Crippen LogP contribution < -0.4 is 0 Å². The summed E-state index contributed by atoms with van der Waals surface area (Å²) >= 11 is 0. The van der Waals surface area contributed by atoms with Crippen LogP contribution in [0.15, 0.2) is 0 Å². The van der Waals surface area contributed by atoms with Crippen molar-refractivity contribution in [2.75, 3.05) is 6.61 Å². The molecule has 4 aliphatic carbocycles. The maximum absolute atomic E-state index is 9.75. The van der Waals surface area contributed by atoms with Crippen molar-refractivity contribution in [2.45, 2.75) is 65.7 Å². The summed E-state index contributed by atoms with van der Waals surface area (Å²) in [6.07, 6.45) is 9.88. The van der Waals surface area contributed by atoms with Crippen LogP contribution in [0.5, 0.6) is 0 Å². The van der Waals surface area contributed by atoms with E-state index < -0.39 is 0 Å². The highest BCUT2D eigenvalue weighted by molar-refractivity contribution is 5.05. The van der Waals surface area contributed by atoms with E-state index in [0.717, 1.165) is 30.1 Å². The van der Waals surface area contributed by atoms with Crippen LogP contribution in [0.25, 0.3) is 0 Å². The zero-order valence-corrected chi connectivity index (χ0v) is 12.4. The maximum Gasteiger partial charge on any atom is 0.0484 e. The van der Waals surface area contributed by atoms with Crippen molar-refractivity contribution in [3.05, 3.63) is 0 Å². The average molecular weight is 250 g/mol. The molecule has 1 atom stereocenters. The van der Waals surface area contributed by atoms with Crippen LogP contribution in [0.3, 0.4) is 0 Å². The SMILES string of the molecule is CCC(C)(CO)CC1(C)C2CC3CC(C2)CC1C3. The number of rotatable bonds is 4. The van der Waals surface area contributed by atoms with Crippen molar-refractivity contribution in [3.63, 3.8) is 0 Å². The van der Waals surface area contributed by atoms with Gasteiger partial charge in [0.15, 0.2) is 0 Å². The van der Waals surface area contributed by atoms with Crippen molar-refractivity contribution in [3.8, 4) is 0 Å². The number of hydrogen-bond acceptors (Lipinski definition) is 1. The fraction of sp³-hybridized carbons (Fsp3) is 1.00. The molecule has 0 saturated heterocycles. The minimum Gasteiger partial charge on any atom is -0.396 e. The van der Waals surface area contributed by atoms with Crippen molar-refractivity contribution >= 4 is 0 Å². The van der Waals surface area contributed by atoms with E-state index in [1.165, 1.54) is 38.5 Å². The molecule has 0 spiro atoms. The van der Waals surface area contributed by atoms with Crippen molar-refractivity contribution in [2.24, 2.45) is 34.5 Å². The summed E-state index contributed by atoms with van der Waals surface area (Å²) in [5, 5.41) is 9.75. The molecule has 104 valence electrons. The van der Waals surface area contributed by atoms with E-state index in [1.54, 1.807) is 0 Å². The first-order valence-corrected chi connectivity index (χ1v) is 8.10. The zero-order chi connectivity index (χ0) is 13.0. The molecule has 0 heterocycles. The minimum atomic E-state index is 0.157. The molecule has 4 aliphatic rings. The quantitative estimate of drug-likeness (QED) is 0.791. The predicted molar refractivity (Wildman–Crippen MR) is 75.3 cm³/mol. The molecule has 0 aromatic rings. The second-order valence-electron chi connectivity index (χ2n) is 8.31. The smallest absolute Gasteiger partial charge is 0.0484 e. The molecule has 0 amide bonds. The van der Waals surface area contributed by atoms with Gasteiger partial charge in [0, 0.05) is 6.61 Å². The summed E-state index contributed by atoms with van der Waals surface area (Å²) in [7, 11) is 0. The van der Waals surface area contributed by atoms with Gasteiger partial charge in [-0.15, -0.1) is 0 Å². The van der Waals surface area contributed by atoms with Gasteiger partial charge in [0.1, 0.15) is 0 Å². The van der Waals surface area contributed by atoms with Gasteiger partial charge in [-0.05, 0) is 79.4 Å². The van der Waals surface area contributed by atoms with Gasteiger partial charge in [-0.25, -0.2) is 0 Å². The van der Waals surface area contributed by atoms with E-state index in [9.17, 15) is 5.11 Å². The van der Waals surface area contributed by atoms with Gasteiger partial charge in [0.25, 0.3) is 0 Å². The summed E-state index contributed by atoms with van der Waals surface area (Å²) in [5.41, 5.74) is 0.686. The molecule has 1 N–H and O–H groups in total. The van der Waals surface area contributed by atoms with E-state index in [-0.39, 0.29) is 5.41 Å². The standard InChI is InChI=1S/C17H30O/c1-4-16(2,11-18)10-17(3)14-6-12-5-13(8-14)9-15(17)7-12/h12-15,18H,4-11H2,1-3H3. The molecule has 0 radical (unpaired) electrons. The van der Waals surface area contributed by atoms with E-state index in [1.807, 2.05) is 0 Å². The van der Waals surface area contributed by atoms with Crippen LogP contribution in [0.4, 0.5) is 0 Å². The molecule has 4 bridgehead atoms. The summed E-state index contributed by atoms with van der Waals surface area (Å²) in [5.74, 6) is 4.04. The van der Waals surface area contributed by atoms with Crippen LogP contribution in [-0.2, 0) is 0 Å². The molecule has 1 heteroatoms. The minimum absolute atomic E-state index is 0.157. The monoisotopic (exact) mass is 250 g/mol. The Balaban J connectivity index is 1.82. The third-order valence-electron chi connectivity index (χ3n) is 7.05. The van der Waals surface area contributed by atoms with E-state index in [2.05, 4.69) is 20.8 Å². The number of aliphatic hydroxyl groups is 1. The molecular weight excluding hydrogens is 220 g/mol. The Morgan fingerprint density at radius 3 is 1.94 bits per heavy atom. The lowest BCUT2D eigenvalue weighted by atomic mass is 9.43. The first-order valence-electron chi connectivity index (χ1n) is 8.10. The van der Waals surface area contributed by atoms with Gasteiger partial charge in [-0.1, -0.05) is 20.8 Å². The van der Waals surface area contributed by atoms with Gasteiger partial charge in [-0.2, -0.15) is 0 Å². The van der Waals surface area contributed by atoms with Gasteiger partial charge < -0.3 is 5.11 Å². The number of hydrogen-bond donors (Lipinski definition) is 1. The first kappa shape index (κ1) is 13.0. The van der Waals surface area contributed by atoms with E-state index >= 15 is 0 Å². The summed E-state index contributed by atoms with van der Waals surface area (Å²) in [6.45, 7) is 7.47. The fourth-order valence-corrected chi connectivity index (χ4v) is 5.76. The topological polar surface area (TPSA) is 20.2 Å². The molecule has 0 aromatic carbocycles. The van der Waals surface area contributed by atoms with Crippen LogP contribution in [-0.4, -0.2) is 11.7 Å². The predicted octanol–water partition coefficient (Wildman–Crippen LogP) is 4.25. The molecule has 4 saturated carbocycles. The van der Waals surface area contributed by atoms with E-state index in [0.29, 0.717) is 12.0 Å². The Labute approximate surface area is 112 Å². The molecule has 18 heavy (non-hydrogen) atoms. The van der Waals surface area contributed by atoms with Gasteiger partial charge in [0.05, 0.1) is 0 Å². The Bertz CT molecular complexity index is 288. The Hall–Kier alpha value is -0.0400. The van der Waals surface area contributed by atoms with E-state index in [4.69, 9.17) is 0 Å². The average Bonchev–Trinajstić information content (AvgIpc) is 2.35. The molecule has 4 fully saturated rings. The second kappa shape index (κ2) is 4.23. The lowest BCUT2D eigenvalue weighted by Gasteiger charge is -2.62. The van der Waals surface area contributed by atoms with Gasteiger partial charge in [0.2, 0.25) is 0 Å². The maximum atomic E-state index is 9.75.